The molecule has 0 fully saturated rings. The molecule has 0 saturated carbocycles. The molecule has 0 aliphatic carbocycles. The van der Waals surface area contributed by atoms with E-state index in [1.807, 2.05) is 25.1 Å². The predicted octanol–water partition coefficient (Wildman–Crippen LogP) is 6.48. The minimum absolute atomic E-state index is 0.210. The summed E-state index contributed by atoms with van der Waals surface area (Å²) in [5.41, 5.74) is 3.87. The van der Waals surface area contributed by atoms with E-state index in [1.165, 1.54) is 18.3 Å². The van der Waals surface area contributed by atoms with E-state index in [4.69, 9.17) is 44.3 Å². The van der Waals surface area contributed by atoms with Gasteiger partial charge in [0.05, 0.1) is 28.0 Å². The van der Waals surface area contributed by atoms with Crippen molar-refractivity contribution in [1.82, 2.24) is 5.43 Å². The third-order valence-corrected chi connectivity index (χ3v) is 5.76. The SMILES string of the molecule is CCOc1cc(C=NNC(=O)C(=O)Nc2cc(Cl)ccc2Cl)cc(Br)c1OCc1cccc(Cl)c1. The molecule has 3 rings (SSSR count). The number of benzene rings is 3. The zero-order valence-corrected chi connectivity index (χ0v) is 22.1. The summed E-state index contributed by atoms with van der Waals surface area (Å²) in [6.45, 7) is 2.54. The Labute approximate surface area is 225 Å². The quantitative estimate of drug-likeness (QED) is 0.176. The van der Waals surface area contributed by atoms with E-state index < -0.39 is 11.8 Å². The van der Waals surface area contributed by atoms with Gasteiger partial charge in [0.2, 0.25) is 0 Å². The minimum Gasteiger partial charge on any atom is -0.490 e. The van der Waals surface area contributed by atoms with Gasteiger partial charge in [-0.25, -0.2) is 5.43 Å². The average Bonchev–Trinajstić information content (AvgIpc) is 2.81. The summed E-state index contributed by atoms with van der Waals surface area (Å²) in [5, 5.41) is 7.44. The number of rotatable bonds is 8. The molecule has 0 radical (unpaired) electrons. The van der Waals surface area contributed by atoms with Crippen LogP contribution in [0.1, 0.15) is 18.1 Å². The second kappa shape index (κ2) is 12.8. The maximum atomic E-state index is 12.1. The van der Waals surface area contributed by atoms with Crippen molar-refractivity contribution in [2.24, 2.45) is 5.10 Å². The second-order valence-corrected chi connectivity index (χ2v) is 9.09. The highest BCUT2D eigenvalue weighted by Gasteiger charge is 2.16. The molecule has 11 heteroatoms. The van der Waals surface area contributed by atoms with E-state index in [0.717, 1.165) is 5.56 Å². The van der Waals surface area contributed by atoms with Gasteiger partial charge in [0.1, 0.15) is 6.61 Å². The topological polar surface area (TPSA) is 89.0 Å². The molecule has 182 valence electrons. The molecule has 0 saturated heterocycles. The number of amides is 2. The van der Waals surface area contributed by atoms with Crippen LogP contribution in [0.15, 0.2) is 64.2 Å². The molecule has 0 heterocycles. The van der Waals surface area contributed by atoms with E-state index in [-0.39, 0.29) is 17.3 Å². The molecule has 0 atom stereocenters. The third-order valence-electron chi connectivity index (χ3n) is 4.37. The summed E-state index contributed by atoms with van der Waals surface area (Å²) >= 11 is 21.4. The number of carbonyl (C=O) groups is 2. The van der Waals surface area contributed by atoms with Gasteiger partial charge in [0.15, 0.2) is 11.5 Å². The molecule has 2 N–H and O–H groups in total. The van der Waals surface area contributed by atoms with Crippen molar-refractivity contribution >= 4 is 74.4 Å². The van der Waals surface area contributed by atoms with Gasteiger partial charge in [0.25, 0.3) is 0 Å². The molecule has 3 aromatic rings. The van der Waals surface area contributed by atoms with Gasteiger partial charge in [-0.1, -0.05) is 46.9 Å². The van der Waals surface area contributed by atoms with Crippen molar-refractivity contribution in [3.05, 3.63) is 85.3 Å². The van der Waals surface area contributed by atoms with Crippen molar-refractivity contribution in [1.29, 1.82) is 0 Å². The lowest BCUT2D eigenvalue weighted by atomic mass is 10.2. The number of ether oxygens (including phenoxy) is 2. The smallest absolute Gasteiger partial charge is 0.329 e. The maximum Gasteiger partial charge on any atom is 0.329 e. The zero-order chi connectivity index (χ0) is 25.4. The molecule has 35 heavy (non-hydrogen) atoms. The van der Waals surface area contributed by atoms with Crippen molar-refractivity contribution in [3.63, 3.8) is 0 Å². The van der Waals surface area contributed by atoms with Crippen LogP contribution < -0.4 is 20.2 Å². The molecular weight excluding hydrogens is 581 g/mol. The number of nitrogens with zero attached hydrogens (tertiary/aromatic N) is 1. The molecule has 0 aliphatic heterocycles. The number of anilines is 1. The molecule has 0 unspecified atom stereocenters. The minimum atomic E-state index is -0.983. The van der Waals surface area contributed by atoms with Crippen molar-refractivity contribution in [2.45, 2.75) is 13.5 Å². The van der Waals surface area contributed by atoms with Gasteiger partial charge in [0, 0.05) is 10.0 Å². The van der Waals surface area contributed by atoms with Gasteiger partial charge >= 0.3 is 11.8 Å². The van der Waals surface area contributed by atoms with E-state index in [1.54, 1.807) is 24.3 Å². The van der Waals surface area contributed by atoms with Crippen LogP contribution in [0.4, 0.5) is 5.69 Å². The summed E-state index contributed by atoms with van der Waals surface area (Å²) in [5.74, 6) is -0.953. The van der Waals surface area contributed by atoms with Gasteiger partial charge < -0.3 is 14.8 Å². The first-order valence-electron chi connectivity index (χ1n) is 10.2. The number of hydrogen-bond donors (Lipinski definition) is 2. The van der Waals surface area contributed by atoms with Crippen LogP contribution in [0.5, 0.6) is 11.5 Å². The molecular formula is C24H19BrCl3N3O4. The number of hydrogen-bond acceptors (Lipinski definition) is 5. The summed E-state index contributed by atoms with van der Waals surface area (Å²) < 4.78 is 12.3. The largest absolute Gasteiger partial charge is 0.490 e. The molecule has 0 aromatic heterocycles. The lowest BCUT2D eigenvalue weighted by Crippen LogP contribution is -2.32. The Morgan fingerprint density at radius 1 is 1.00 bits per heavy atom. The van der Waals surface area contributed by atoms with Crippen molar-refractivity contribution in [3.8, 4) is 11.5 Å². The van der Waals surface area contributed by atoms with Crippen LogP contribution in [0.25, 0.3) is 0 Å². The van der Waals surface area contributed by atoms with E-state index >= 15 is 0 Å². The molecule has 0 bridgehead atoms. The number of halogens is 4. The predicted molar refractivity (Wildman–Crippen MR) is 142 cm³/mol. The first-order chi connectivity index (χ1) is 16.8. The molecule has 0 aliphatic rings. The van der Waals surface area contributed by atoms with Crippen LogP contribution in [0.2, 0.25) is 15.1 Å². The second-order valence-electron chi connectivity index (χ2n) is 6.96. The number of nitrogens with one attached hydrogen (secondary N) is 2. The number of hydrazone groups is 1. The monoisotopic (exact) mass is 597 g/mol. The molecule has 0 spiro atoms. The Balaban J connectivity index is 1.66. The summed E-state index contributed by atoms with van der Waals surface area (Å²) in [4.78, 5) is 24.2. The summed E-state index contributed by atoms with van der Waals surface area (Å²) in [7, 11) is 0. The Morgan fingerprint density at radius 3 is 2.51 bits per heavy atom. The van der Waals surface area contributed by atoms with E-state index in [9.17, 15) is 9.59 Å². The summed E-state index contributed by atoms with van der Waals surface area (Å²) in [6.07, 6.45) is 1.37. The van der Waals surface area contributed by atoms with Gasteiger partial charge in [-0.15, -0.1) is 0 Å². The lowest BCUT2D eigenvalue weighted by molar-refractivity contribution is -0.136. The highest BCUT2D eigenvalue weighted by atomic mass is 79.9. The van der Waals surface area contributed by atoms with Gasteiger partial charge in [-0.3, -0.25) is 9.59 Å². The summed E-state index contributed by atoms with van der Waals surface area (Å²) in [6, 6.07) is 15.3. The van der Waals surface area contributed by atoms with Gasteiger partial charge in [-0.05, 0) is 76.4 Å². The zero-order valence-electron chi connectivity index (χ0n) is 18.3. The molecule has 7 nitrogen and oxygen atoms in total. The normalized spacial score (nSPS) is 10.8. The Bertz CT molecular complexity index is 1270. The fourth-order valence-corrected chi connectivity index (χ4v) is 3.96. The van der Waals surface area contributed by atoms with Crippen LogP contribution >= 0.6 is 50.7 Å². The molecule has 2 amide bonds. The van der Waals surface area contributed by atoms with Crippen LogP contribution in [0.3, 0.4) is 0 Å². The first kappa shape index (κ1) is 26.8. The Morgan fingerprint density at radius 2 is 1.77 bits per heavy atom. The van der Waals surface area contributed by atoms with Gasteiger partial charge in [-0.2, -0.15) is 5.10 Å². The third kappa shape index (κ3) is 7.86. The fourth-order valence-electron chi connectivity index (χ4n) is 2.84. The van der Waals surface area contributed by atoms with Crippen molar-refractivity contribution < 1.29 is 19.1 Å². The lowest BCUT2D eigenvalue weighted by Gasteiger charge is -2.15. The first-order valence-corrected chi connectivity index (χ1v) is 12.1. The standard InChI is InChI=1S/C24H19BrCl3N3O4/c1-2-34-21-10-15(9-18(25)22(21)35-13-14-4-3-5-16(26)8-14)12-29-31-24(33)23(32)30-20-11-17(27)6-7-19(20)28/h3-12H,2,13H2,1H3,(H,30,32)(H,31,33). The Kier molecular flexibility index (Phi) is 9.80. The highest BCUT2D eigenvalue weighted by Crippen LogP contribution is 2.37. The van der Waals surface area contributed by atoms with Crippen LogP contribution in [0, 0.1) is 0 Å². The molecule has 3 aromatic carbocycles. The average molecular weight is 600 g/mol. The van der Waals surface area contributed by atoms with Crippen molar-refractivity contribution in [2.75, 3.05) is 11.9 Å². The van der Waals surface area contributed by atoms with E-state index in [0.29, 0.717) is 38.2 Å². The van der Waals surface area contributed by atoms with E-state index in [2.05, 4.69) is 31.8 Å². The fraction of sp³-hybridized carbons (Fsp3) is 0.125. The maximum absolute atomic E-state index is 12.1. The highest BCUT2D eigenvalue weighted by molar-refractivity contribution is 9.10. The Hall–Kier alpha value is -2.78. The van der Waals surface area contributed by atoms with Crippen LogP contribution in [-0.2, 0) is 16.2 Å². The van der Waals surface area contributed by atoms with Crippen LogP contribution in [-0.4, -0.2) is 24.6 Å². The number of carbonyl (C=O) groups excluding carboxylic acids is 2.